The standard InChI is InChI=1S/C18H22N4O5/c1-10-8-11(21-17(25)13-4-7-27-15(13)16(19)24)2-3-12(10)18(26)22-6-5-20-14(23)9-22/h2-3,8,13,15H,4-7,9H2,1H3,(H2,19,24)(H,20,23)(H,21,25). The van der Waals surface area contributed by atoms with Crippen LogP contribution in [0.15, 0.2) is 18.2 Å². The van der Waals surface area contributed by atoms with Gasteiger partial charge in [0.2, 0.25) is 17.7 Å². The molecular weight excluding hydrogens is 352 g/mol. The van der Waals surface area contributed by atoms with Gasteiger partial charge in [-0.25, -0.2) is 0 Å². The summed E-state index contributed by atoms with van der Waals surface area (Å²) in [5.41, 5.74) is 6.93. The molecule has 2 saturated heterocycles. The van der Waals surface area contributed by atoms with Crippen molar-refractivity contribution in [2.45, 2.75) is 19.4 Å². The SMILES string of the molecule is Cc1cc(NC(=O)C2CCOC2C(N)=O)ccc1C(=O)N1CCNC(=O)C1. The largest absolute Gasteiger partial charge is 0.368 e. The lowest BCUT2D eigenvalue weighted by Crippen LogP contribution is -2.50. The molecule has 2 aliphatic heterocycles. The number of amides is 4. The van der Waals surface area contributed by atoms with Crippen molar-refractivity contribution in [2.24, 2.45) is 11.7 Å². The third-order valence-corrected chi connectivity index (χ3v) is 4.76. The Hall–Kier alpha value is -2.94. The molecule has 0 aromatic heterocycles. The second-order valence-corrected chi connectivity index (χ2v) is 6.68. The number of rotatable bonds is 4. The van der Waals surface area contributed by atoms with Gasteiger partial charge in [-0.2, -0.15) is 0 Å². The fraction of sp³-hybridized carbons (Fsp3) is 0.444. The number of anilines is 1. The van der Waals surface area contributed by atoms with E-state index in [4.69, 9.17) is 10.5 Å². The van der Waals surface area contributed by atoms with Crippen molar-refractivity contribution in [1.82, 2.24) is 10.2 Å². The van der Waals surface area contributed by atoms with Crippen LogP contribution >= 0.6 is 0 Å². The third-order valence-electron chi connectivity index (χ3n) is 4.76. The number of ether oxygens (including phenoxy) is 1. The van der Waals surface area contributed by atoms with Crippen molar-refractivity contribution in [1.29, 1.82) is 0 Å². The first-order valence-corrected chi connectivity index (χ1v) is 8.75. The lowest BCUT2D eigenvalue weighted by atomic mass is 9.99. The molecule has 2 fully saturated rings. The monoisotopic (exact) mass is 374 g/mol. The maximum Gasteiger partial charge on any atom is 0.254 e. The van der Waals surface area contributed by atoms with E-state index >= 15 is 0 Å². The molecule has 9 heteroatoms. The minimum absolute atomic E-state index is 0.0347. The lowest BCUT2D eigenvalue weighted by Gasteiger charge is -2.27. The Morgan fingerprint density at radius 1 is 1.33 bits per heavy atom. The van der Waals surface area contributed by atoms with Crippen LogP contribution in [0.4, 0.5) is 5.69 Å². The minimum atomic E-state index is -0.919. The van der Waals surface area contributed by atoms with Gasteiger partial charge in [0.25, 0.3) is 5.91 Å². The molecule has 2 heterocycles. The molecule has 0 radical (unpaired) electrons. The van der Waals surface area contributed by atoms with Crippen molar-refractivity contribution < 1.29 is 23.9 Å². The number of piperazine rings is 1. The number of primary amides is 1. The molecule has 2 unspecified atom stereocenters. The number of carbonyl (C=O) groups is 4. The van der Waals surface area contributed by atoms with E-state index in [1.54, 1.807) is 25.1 Å². The van der Waals surface area contributed by atoms with E-state index in [1.807, 2.05) is 0 Å². The van der Waals surface area contributed by atoms with Crippen molar-refractivity contribution in [3.05, 3.63) is 29.3 Å². The van der Waals surface area contributed by atoms with Crippen molar-refractivity contribution in [3.63, 3.8) is 0 Å². The van der Waals surface area contributed by atoms with Crippen LogP contribution in [0.1, 0.15) is 22.3 Å². The first-order chi connectivity index (χ1) is 12.9. The summed E-state index contributed by atoms with van der Waals surface area (Å²) in [4.78, 5) is 49.4. The minimum Gasteiger partial charge on any atom is -0.368 e. The van der Waals surface area contributed by atoms with E-state index in [-0.39, 0.29) is 24.3 Å². The summed E-state index contributed by atoms with van der Waals surface area (Å²) >= 11 is 0. The molecule has 4 amide bonds. The highest BCUT2D eigenvalue weighted by Gasteiger charge is 2.38. The van der Waals surface area contributed by atoms with Gasteiger partial charge in [0, 0.05) is 30.9 Å². The van der Waals surface area contributed by atoms with Crippen LogP contribution < -0.4 is 16.4 Å². The predicted molar refractivity (Wildman–Crippen MR) is 95.8 cm³/mol. The average molecular weight is 374 g/mol. The van der Waals surface area contributed by atoms with E-state index in [0.29, 0.717) is 42.9 Å². The van der Waals surface area contributed by atoms with Gasteiger partial charge >= 0.3 is 0 Å². The number of nitrogens with two attached hydrogens (primary N) is 1. The van der Waals surface area contributed by atoms with E-state index in [1.165, 1.54) is 4.90 Å². The van der Waals surface area contributed by atoms with Crippen LogP contribution in [0.25, 0.3) is 0 Å². The molecule has 0 aliphatic carbocycles. The molecule has 0 bridgehead atoms. The molecule has 0 spiro atoms. The van der Waals surface area contributed by atoms with Crippen LogP contribution in [0.3, 0.4) is 0 Å². The average Bonchev–Trinajstić information content (AvgIpc) is 3.11. The Balaban J connectivity index is 1.69. The number of nitrogens with zero attached hydrogens (tertiary/aromatic N) is 1. The number of carbonyl (C=O) groups excluding carboxylic acids is 4. The lowest BCUT2D eigenvalue weighted by molar-refractivity contribution is -0.133. The van der Waals surface area contributed by atoms with Gasteiger partial charge in [-0.1, -0.05) is 0 Å². The quantitative estimate of drug-likeness (QED) is 0.647. The van der Waals surface area contributed by atoms with E-state index in [2.05, 4.69) is 10.6 Å². The van der Waals surface area contributed by atoms with Crippen molar-refractivity contribution in [3.8, 4) is 0 Å². The zero-order valence-corrected chi connectivity index (χ0v) is 15.0. The molecule has 3 rings (SSSR count). The molecule has 1 aromatic rings. The highest BCUT2D eigenvalue weighted by Crippen LogP contribution is 2.24. The topological polar surface area (TPSA) is 131 Å². The zero-order valence-electron chi connectivity index (χ0n) is 15.0. The Labute approximate surface area is 156 Å². The molecule has 0 saturated carbocycles. The van der Waals surface area contributed by atoms with Crippen LogP contribution in [0.2, 0.25) is 0 Å². The molecule has 1 aromatic carbocycles. The number of hydrogen-bond donors (Lipinski definition) is 3. The van der Waals surface area contributed by atoms with Crippen LogP contribution in [0.5, 0.6) is 0 Å². The van der Waals surface area contributed by atoms with E-state index in [9.17, 15) is 19.2 Å². The van der Waals surface area contributed by atoms with Gasteiger partial charge in [-0.3, -0.25) is 19.2 Å². The van der Waals surface area contributed by atoms with Gasteiger partial charge in [0.05, 0.1) is 12.5 Å². The molecule has 9 nitrogen and oxygen atoms in total. The highest BCUT2D eigenvalue weighted by atomic mass is 16.5. The summed E-state index contributed by atoms with van der Waals surface area (Å²) in [6.45, 7) is 2.99. The first kappa shape index (κ1) is 18.8. The first-order valence-electron chi connectivity index (χ1n) is 8.75. The maximum absolute atomic E-state index is 12.6. The Morgan fingerprint density at radius 2 is 2.11 bits per heavy atom. The number of benzene rings is 1. The molecule has 2 aliphatic rings. The second-order valence-electron chi connectivity index (χ2n) is 6.68. The second kappa shape index (κ2) is 7.75. The number of nitrogens with one attached hydrogen (secondary N) is 2. The van der Waals surface area contributed by atoms with Crippen LogP contribution in [-0.2, 0) is 19.1 Å². The van der Waals surface area contributed by atoms with Crippen molar-refractivity contribution in [2.75, 3.05) is 31.6 Å². The maximum atomic E-state index is 12.6. The summed E-state index contributed by atoms with van der Waals surface area (Å²) < 4.78 is 5.22. The smallest absolute Gasteiger partial charge is 0.254 e. The van der Waals surface area contributed by atoms with Gasteiger partial charge in [0.1, 0.15) is 6.10 Å². The van der Waals surface area contributed by atoms with E-state index < -0.39 is 17.9 Å². The third kappa shape index (κ3) is 4.08. The normalized spacial score (nSPS) is 22.3. The Morgan fingerprint density at radius 3 is 2.78 bits per heavy atom. The predicted octanol–water partition coefficient (Wildman–Crippen LogP) is -0.604. The summed E-state index contributed by atoms with van der Waals surface area (Å²) in [7, 11) is 0. The number of aryl methyl sites for hydroxylation is 1. The van der Waals surface area contributed by atoms with Crippen LogP contribution in [-0.4, -0.2) is 60.9 Å². The Bertz CT molecular complexity index is 794. The molecule has 144 valence electrons. The summed E-state index contributed by atoms with van der Waals surface area (Å²) in [5, 5.41) is 5.42. The summed E-state index contributed by atoms with van der Waals surface area (Å²) in [5.74, 6) is -2.04. The highest BCUT2D eigenvalue weighted by molar-refractivity contribution is 6.00. The Kier molecular flexibility index (Phi) is 5.41. The molecule has 27 heavy (non-hydrogen) atoms. The van der Waals surface area contributed by atoms with E-state index in [0.717, 1.165) is 0 Å². The van der Waals surface area contributed by atoms with Gasteiger partial charge < -0.3 is 26.0 Å². The van der Waals surface area contributed by atoms with Gasteiger partial charge in [-0.15, -0.1) is 0 Å². The van der Waals surface area contributed by atoms with Gasteiger partial charge in [-0.05, 0) is 37.1 Å². The van der Waals surface area contributed by atoms with Gasteiger partial charge in [0.15, 0.2) is 0 Å². The summed E-state index contributed by atoms with van der Waals surface area (Å²) in [6.07, 6.45) is -0.497. The fourth-order valence-corrected chi connectivity index (χ4v) is 3.34. The number of hydrogen-bond acceptors (Lipinski definition) is 5. The van der Waals surface area contributed by atoms with Crippen molar-refractivity contribution >= 4 is 29.3 Å². The molecule has 2 atom stereocenters. The summed E-state index contributed by atoms with van der Waals surface area (Å²) in [6, 6.07) is 4.93. The molecule has 4 N–H and O–H groups in total. The van der Waals surface area contributed by atoms with Crippen LogP contribution in [0, 0.1) is 12.8 Å². The zero-order chi connectivity index (χ0) is 19.6. The fourth-order valence-electron chi connectivity index (χ4n) is 3.34. The molecular formula is C18H22N4O5.